The summed E-state index contributed by atoms with van der Waals surface area (Å²) in [6, 6.07) is 5.37. The van der Waals surface area contributed by atoms with E-state index in [-0.39, 0.29) is 22.6 Å². The molecule has 0 aliphatic carbocycles. The van der Waals surface area contributed by atoms with Gasteiger partial charge >= 0.3 is 0 Å². The highest BCUT2D eigenvalue weighted by molar-refractivity contribution is 7.13. The molecule has 0 bridgehead atoms. The van der Waals surface area contributed by atoms with Gasteiger partial charge in [-0.2, -0.15) is 0 Å². The summed E-state index contributed by atoms with van der Waals surface area (Å²) in [7, 11) is 1.45. The summed E-state index contributed by atoms with van der Waals surface area (Å²) in [5, 5.41) is 21.5. The smallest absolute Gasteiger partial charge is 0.261 e. The van der Waals surface area contributed by atoms with Gasteiger partial charge in [-0.3, -0.25) is 10.2 Å². The van der Waals surface area contributed by atoms with Crippen molar-refractivity contribution in [3.8, 4) is 0 Å². The summed E-state index contributed by atoms with van der Waals surface area (Å²) in [5.41, 5.74) is 5.98. The highest BCUT2D eigenvalue weighted by Crippen LogP contribution is 2.27. The van der Waals surface area contributed by atoms with Crippen LogP contribution in [0.1, 0.15) is 31.4 Å². The van der Waals surface area contributed by atoms with E-state index in [9.17, 15) is 13.6 Å². The molecule has 3 rings (SSSR count). The summed E-state index contributed by atoms with van der Waals surface area (Å²) in [6.45, 7) is 1.81. The van der Waals surface area contributed by atoms with Crippen molar-refractivity contribution >= 4 is 46.2 Å². The van der Waals surface area contributed by atoms with E-state index in [1.54, 1.807) is 6.20 Å². The first kappa shape index (κ1) is 21.1. The molecule has 6 N–H and O–H groups in total. The number of hydrogen-bond acceptors (Lipinski definition) is 7. The molecule has 1 aromatic heterocycles. The van der Waals surface area contributed by atoms with E-state index in [4.69, 9.17) is 16.6 Å². The van der Waals surface area contributed by atoms with Crippen LogP contribution in [0.4, 0.5) is 25.8 Å². The topological polar surface area (TPSA) is 128 Å². The molecular weight excluding hydrogens is 410 g/mol. The number of nitrogens with one attached hydrogen (secondary N) is 4. The third kappa shape index (κ3) is 3.90. The zero-order chi connectivity index (χ0) is 22.0. The van der Waals surface area contributed by atoms with Gasteiger partial charge in [0.05, 0.1) is 21.2 Å². The molecule has 7 nitrogen and oxygen atoms in total. The Kier molecular flexibility index (Phi) is 5.88. The summed E-state index contributed by atoms with van der Waals surface area (Å²) in [6.07, 6.45) is 2.26. The molecule has 2 aromatic carbocycles. The number of anilines is 3. The number of nitrogens with zero attached hydrogens (tertiary/aromatic N) is 1. The fourth-order valence-corrected chi connectivity index (χ4v) is 3.59. The van der Waals surface area contributed by atoms with Gasteiger partial charge in [0.2, 0.25) is 0 Å². The third-order valence-electron chi connectivity index (χ3n) is 4.34. The maximum atomic E-state index is 14.7. The Morgan fingerprint density at radius 1 is 1.30 bits per heavy atom. The largest absolute Gasteiger partial charge is 0.398 e. The molecule has 1 heterocycles. The van der Waals surface area contributed by atoms with Gasteiger partial charge in [-0.05, 0) is 31.2 Å². The normalized spacial score (nSPS) is 10.5. The number of nitrogen functional groups attached to an aromatic ring is 1. The van der Waals surface area contributed by atoms with E-state index in [0.717, 1.165) is 11.1 Å². The Bertz CT molecular complexity index is 1170. The second-order valence-corrected chi connectivity index (χ2v) is 7.51. The third-order valence-corrected chi connectivity index (χ3v) is 5.28. The van der Waals surface area contributed by atoms with Crippen molar-refractivity contribution in [1.29, 1.82) is 10.8 Å². The number of rotatable bonds is 6. The summed E-state index contributed by atoms with van der Waals surface area (Å²) >= 11 is 1.32. The lowest BCUT2D eigenvalue weighted by molar-refractivity contribution is 0.101. The van der Waals surface area contributed by atoms with E-state index in [1.807, 2.05) is 6.92 Å². The molecule has 0 atom stereocenters. The van der Waals surface area contributed by atoms with Crippen LogP contribution in [-0.4, -0.2) is 29.9 Å². The van der Waals surface area contributed by atoms with Crippen LogP contribution in [0.25, 0.3) is 0 Å². The second kappa shape index (κ2) is 8.37. The molecular formula is C20H18F2N6OS. The van der Waals surface area contributed by atoms with Crippen molar-refractivity contribution in [3.63, 3.8) is 0 Å². The number of benzene rings is 2. The Morgan fingerprint density at radius 2 is 2.03 bits per heavy atom. The van der Waals surface area contributed by atoms with Crippen LogP contribution in [0, 0.1) is 29.4 Å². The molecule has 0 aliphatic rings. The maximum Gasteiger partial charge on any atom is 0.261 e. The van der Waals surface area contributed by atoms with Crippen LogP contribution < -0.4 is 16.4 Å². The van der Waals surface area contributed by atoms with Crippen LogP contribution in [0.2, 0.25) is 0 Å². The first-order chi connectivity index (χ1) is 14.3. The summed E-state index contributed by atoms with van der Waals surface area (Å²) < 4.78 is 29.1. The first-order valence-corrected chi connectivity index (χ1v) is 9.51. The van der Waals surface area contributed by atoms with E-state index >= 15 is 0 Å². The van der Waals surface area contributed by atoms with E-state index in [0.29, 0.717) is 22.3 Å². The van der Waals surface area contributed by atoms with E-state index < -0.39 is 23.1 Å². The fraction of sp³-hybridized carbons (Fsp3) is 0.100. The highest BCUT2D eigenvalue weighted by Gasteiger charge is 2.23. The number of aromatic nitrogens is 1. The Balaban J connectivity index is 1.95. The van der Waals surface area contributed by atoms with Gasteiger partial charge in [0.15, 0.2) is 0 Å². The second-order valence-electron chi connectivity index (χ2n) is 6.28. The van der Waals surface area contributed by atoms with Gasteiger partial charge in [0.1, 0.15) is 17.2 Å². The van der Waals surface area contributed by atoms with Gasteiger partial charge in [0, 0.05) is 42.1 Å². The minimum atomic E-state index is -1.14. The number of nitrogens with two attached hydrogens (primary N) is 1. The van der Waals surface area contributed by atoms with Crippen LogP contribution in [-0.2, 0) is 0 Å². The molecule has 0 aliphatic heterocycles. The molecule has 10 heteroatoms. The number of amides is 1. The molecule has 1 amide bonds. The number of carbonyl (C=O) groups excluding carboxylic acids is 1. The lowest BCUT2D eigenvalue weighted by Crippen LogP contribution is -2.18. The van der Waals surface area contributed by atoms with Crippen LogP contribution in [0.15, 0.2) is 30.5 Å². The lowest BCUT2D eigenvalue weighted by atomic mass is 10.0. The average molecular weight is 428 g/mol. The quantitative estimate of drug-likeness (QED) is 0.300. The molecule has 0 fully saturated rings. The van der Waals surface area contributed by atoms with Crippen molar-refractivity contribution in [2.24, 2.45) is 0 Å². The molecule has 0 radical (unpaired) electrons. The standard InChI is InChI=1S/C20H18F2N6OS/c1-9-27-8-16(30-9)19(25)11-5-10(3-4-14(11)24)28-20(29)17-13(21)6-15(26-2)12(7-23)18(17)22/h3-8,23,25-26H,24H2,1-2H3,(H,28,29). The first-order valence-electron chi connectivity index (χ1n) is 8.69. The summed E-state index contributed by atoms with van der Waals surface area (Å²) in [4.78, 5) is 17.3. The van der Waals surface area contributed by atoms with E-state index in [1.165, 1.54) is 36.6 Å². The Morgan fingerprint density at radius 3 is 2.63 bits per heavy atom. The predicted octanol–water partition coefficient (Wildman–Crippen LogP) is 4.02. The highest BCUT2D eigenvalue weighted by atomic mass is 32.1. The van der Waals surface area contributed by atoms with Gasteiger partial charge in [-0.1, -0.05) is 0 Å². The van der Waals surface area contributed by atoms with Crippen molar-refractivity contribution in [2.75, 3.05) is 23.4 Å². The van der Waals surface area contributed by atoms with Crippen LogP contribution in [0.5, 0.6) is 0 Å². The number of aryl methyl sites for hydroxylation is 1. The van der Waals surface area contributed by atoms with Gasteiger partial charge < -0.3 is 21.8 Å². The van der Waals surface area contributed by atoms with Crippen molar-refractivity contribution in [1.82, 2.24) is 4.98 Å². The summed E-state index contributed by atoms with van der Waals surface area (Å²) in [5.74, 6) is -3.23. The lowest BCUT2D eigenvalue weighted by Gasteiger charge is -2.13. The van der Waals surface area contributed by atoms with Gasteiger partial charge in [-0.15, -0.1) is 11.3 Å². The SMILES string of the molecule is CNc1cc(F)c(C(=O)Nc2ccc(N)c(C(=N)c3cnc(C)s3)c2)c(F)c1C=N. The fourth-order valence-electron chi connectivity index (χ4n) is 2.84. The Hall–Kier alpha value is -3.66. The predicted molar refractivity (Wildman–Crippen MR) is 115 cm³/mol. The minimum Gasteiger partial charge on any atom is -0.398 e. The maximum absolute atomic E-state index is 14.7. The van der Waals surface area contributed by atoms with Crippen LogP contribution >= 0.6 is 11.3 Å². The van der Waals surface area contributed by atoms with Crippen LogP contribution in [0.3, 0.4) is 0 Å². The van der Waals surface area contributed by atoms with Gasteiger partial charge in [0.25, 0.3) is 5.91 Å². The van der Waals surface area contributed by atoms with Crippen molar-refractivity contribution in [3.05, 3.63) is 68.7 Å². The zero-order valence-electron chi connectivity index (χ0n) is 16.1. The Labute approximate surface area is 175 Å². The van der Waals surface area contributed by atoms with Gasteiger partial charge in [-0.25, -0.2) is 13.8 Å². The molecule has 0 saturated heterocycles. The molecule has 0 spiro atoms. The molecule has 0 unspecified atom stereocenters. The number of halogens is 2. The molecule has 154 valence electrons. The van der Waals surface area contributed by atoms with Crippen molar-refractivity contribution < 1.29 is 13.6 Å². The monoisotopic (exact) mass is 428 g/mol. The minimum absolute atomic E-state index is 0.0552. The molecule has 3 aromatic rings. The number of thiazole rings is 1. The zero-order valence-corrected chi connectivity index (χ0v) is 16.9. The van der Waals surface area contributed by atoms with E-state index in [2.05, 4.69) is 15.6 Å². The molecule has 0 saturated carbocycles. The van der Waals surface area contributed by atoms with Crippen molar-refractivity contribution in [2.45, 2.75) is 6.92 Å². The number of hydrogen-bond donors (Lipinski definition) is 5. The number of carbonyl (C=O) groups is 1. The molecule has 30 heavy (non-hydrogen) atoms. The average Bonchev–Trinajstić information content (AvgIpc) is 3.14.